The third-order valence-corrected chi connectivity index (χ3v) is 1.66. The van der Waals surface area contributed by atoms with Crippen LogP contribution in [0.2, 0.25) is 0 Å². The van der Waals surface area contributed by atoms with E-state index in [1.165, 1.54) is 10.9 Å². The predicted octanol–water partition coefficient (Wildman–Crippen LogP) is 0.121. The zero-order chi connectivity index (χ0) is 10.7. The number of aliphatic hydroxyl groups is 1. The van der Waals surface area contributed by atoms with Crippen LogP contribution in [0.5, 0.6) is 0 Å². The molecular weight excluding hydrogens is 188 g/mol. The van der Waals surface area contributed by atoms with Gasteiger partial charge in [0.05, 0.1) is 11.5 Å². The van der Waals surface area contributed by atoms with Gasteiger partial charge in [0.1, 0.15) is 6.20 Å². The lowest BCUT2D eigenvalue weighted by atomic mass is 10.3. The van der Waals surface area contributed by atoms with Gasteiger partial charge in [0, 0.05) is 13.1 Å². The zero-order valence-corrected chi connectivity index (χ0v) is 7.97. The summed E-state index contributed by atoms with van der Waals surface area (Å²) in [5, 5.41) is 25.9. The molecule has 78 valence electrons. The first-order valence-corrected chi connectivity index (χ1v) is 4.10. The number of hydrogen-bond acceptors (Lipinski definition) is 5. The molecule has 7 nitrogen and oxygen atoms in total. The first kappa shape index (κ1) is 10.5. The van der Waals surface area contributed by atoms with Gasteiger partial charge in [-0.05, 0) is 6.92 Å². The van der Waals surface area contributed by atoms with Gasteiger partial charge in [0.25, 0.3) is 0 Å². The smallest absolute Gasteiger partial charge is 0.330 e. The lowest BCUT2D eigenvalue weighted by Crippen LogP contribution is -2.20. The summed E-state index contributed by atoms with van der Waals surface area (Å²) >= 11 is 0. The van der Waals surface area contributed by atoms with Crippen molar-refractivity contribution in [1.82, 2.24) is 9.78 Å². The van der Waals surface area contributed by atoms with Crippen molar-refractivity contribution >= 4 is 11.5 Å². The molecule has 0 aliphatic rings. The second-order valence-corrected chi connectivity index (χ2v) is 3.02. The van der Waals surface area contributed by atoms with Gasteiger partial charge in [-0.2, -0.15) is 0 Å². The molecule has 0 aliphatic heterocycles. The molecule has 0 aromatic carbocycles. The lowest BCUT2D eigenvalue weighted by Gasteiger charge is -2.08. The van der Waals surface area contributed by atoms with Gasteiger partial charge >= 0.3 is 5.69 Å². The second kappa shape index (κ2) is 4.05. The maximum atomic E-state index is 10.6. The number of nitro groups is 1. The molecule has 1 aromatic rings. The van der Waals surface area contributed by atoms with Crippen molar-refractivity contribution in [3.63, 3.8) is 0 Å². The summed E-state index contributed by atoms with van der Waals surface area (Å²) in [6.07, 6.45) is 1.31. The minimum Gasteiger partial charge on any atom is -0.394 e. The number of aromatic nitrogens is 2. The summed E-state index contributed by atoms with van der Waals surface area (Å²) in [5.41, 5.74) is -0.0900. The molecule has 0 aliphatic carbocycles. The summed E-state index contributed by atoms with van der Waals surface area (Å²) in [5.74, 6) is 0.180. The van der Waals surface area contributed by atoms with E-state index in [4.69, 9.17) is 5.11 Å². The average molecular weight is 200 g/mol. The molecule has 0 bridgehead atoms. The van der Waals surface area contributed by atoms with Crippen LogP contribution < -0.4 is 5.32 Å². The summed E-state index contributed by atoms with van der Waals surface area (Å²) in [7, 11) is 1.60. The van der Waals surface area contributed by atoms with Crippen LogP contribution in [0, 0.1) is 10.1 Å². The maximum absolute atomic E-state index is 10.6. The Kier molecular flexibility index (Phi) is 3.03. The highest BCUT2D eigenvalue weighted by molar-refractivity contribution is 5.54. The van der Waals surface area contributed by atoms with Gasteiger partial charge in [-0.15, -0.1) is 5.10 Å². The average Bonchev–Trinajstić information content (AvgIpc) is 2.46. The van der Waals surface area contributed by atoms with E-state index in [1.54, 1.807) is 14.0 Å². The largest absolute Gasteiger partial charge is 0.394 e. The second-order valence-electron chi connectivity index (χ2n) is 3.02. The number of anilines is 1. The Balaban J connectivity index is 2.89. The molecule has 2 N–H and O–H groups in total. The van der Waals surface area contributed by atoms with Crippen molar-refractivity contribution in [2.24, 2.45) is 7.05 Å². The number of nitrogens with one attached hydrogen (secondary N) is 1. The van der Waals surface area contributed by atoms with E-state index in [0.29, 0.717) is 0 Å². The van der Waals surface area contributed by atoms with E-state index in [0.717, 1.165) is 0 Å². The van der Waals surface area contributed by atoms with Crippen LogP contribution in [0.1, 0.15) is 6.92 Å². The van der Waals surface area contributed by atoms with E-state index in [2.05, 4.69) is 10.4 Å². The van der Waals surface area contributed by atoms with Gasteiger partial charge in [-0.1, -0.05) is 0 Å². The Morgan fingerprint density at radius 1 is 1.86 bits per heavy atom. The monoisotopic (exact) mass is 200 g/mol. The molecule has 1 atom stereocenters. The topological polar surface area (TPSA) is 93.2 Å². The van der Waals surface area contributed by atoms with Crippen LogP contribution in [0.4, 0.5) is 11.5 Å². The molecule has 0 radical (unpaired) electrons. The lowest BCUT2D eigenvalue weighted by molar-refractivity contribution is -0.384. The normalized spacial score (nSPS) is 12.5. The fourth-order valence-electron chi connectivity index (χ4n) is 0.991. The van der Waals surface area contributed by atoms with Gasteiger partial charge in [0.2, 0.25) is 5.82 Å². The summed E-state index contributed by atoms with van der Waals surface area (Å²) in [6, 6.07) is -0.261. The highest BCUT2D eigenvalue weighted by Crippen LogP contribution is 2.21. The van der Waals surface area contributed by atoms with Crippen LogP contribution in [0.25, 0.3) is 0 Å². The predicted molar refractivity (Wildman–Crippen MR) is 50.0 cm³/mol. The highest BCUT2D eigenvalue weighted by atomic mass is 16.6. The molecule has 0 fully saturated rings. The first-order valence-electron chi connectivity index (χ1n) is 4.10. The number of aryl methyl sites for hydroxylation is 1. The Hall–Kier alpha value is -1.63. The molecule has 0 saturated heterocycles. The third-order valence-electron chi connectivity index (χ3n) is 1.66. The molecule has 0 amide bonds. The first-order chi connectivity index (χ1) is 6.54. The van der Waals surface area contributed by atoms with Crippen LogP contribution in [0.3, 0.4) is 0 Å². The van der Waals surface area contributed by atoms with Gasteiger partial charge in [0.15, 0.2) is 0 Å². The van der Waals surface area contributed by atoms with Crippen LogP contribution in [-0.2, 0) is 7.05 Å². The Morgan fingerprint density at radius 2 is 2.50 bits per heavy atom. The van der Waals surface area contributed by atoms with Crippen molar-refractivity contribution in [1.29, 1.82) is 0 Å². The Morgan fingerprint density at radius 3 is 3.00 bits per heavy atom. The molecule has 0 saturated carbocycles. The molecule has 1 aromatic heterocycles. The zero-order valence-electron chi connectivity index (χ0n) is 7.97. The highest BCUT2D eigenvalue weighted by Gasteiger charge is 2.19. The number of nitrogens with zero attached hydrogens (tertiary/aromatic N) is 3. The van der Waals surface area contributed by atoms with Crippen molar-refractivity contribution in [3.05, 3.63) is 16.3 Å². The van der Waals surface area contributed by atoms with E-state index < -0.39 is 4.92 Å². The summed E-state index contributed by atoms with van der Waals surface area (Å²) in [6.45, 7) is 1.60. The summed E-state index contributed by atoms with van der Waals surface area (Å²) < 4.78 is 1.35. The van der Waals surface area contributed by atoms with E-state index in [-0.39, 0.29) is 24.2 Å². The van der Waals surface area contributed by atoms with Gasteiger partial charge in [-0.25, -0.2) is 0 Å². The molecule has 14 heavy (non-hydrogen) atoms. The molecule has 1 heterocycles. The molecule has 1 unspecified atom stereocenters. The fraction of sp³-hybridized carbons (Fsp3) is 0.571. The van der Waals surface area contributed by atoms with Crippen LogP contribution in [-0.4, -0.2) is 32.5 Å². The molecular formula is C7H12N4O3. The van der Waals surface area contributed by atoms with Crippen molar-refractivity contribution in [3.8, 4) is 0 Å². The SMILES string of the molecule is CC(CO)Nc1nn(C)cc1[N+](=O)[O-]. The van der Waals surface area contributed by atoms with E-state index in [9.17, 15) is 10.1 Å². The van der Waals surface area contributed by atoms with Crippen LogP contribution >= 0.6 is 0 Å². The summed E-state index contributed by atoms with van der Waals surface area (Å²) in [4.78, 5) is 10.0. The standard InChI is InChI=1S/C7H12N4O3/c1-5(4-12)8-7-6(11(13)14)3-10(2)9-7/h3,5,12H,4H2,1-2H3,(H,8,9). The van der Waals surface area contributed by atoms with Gasteiger partial charge < -0.3 is 10.4 Å². The van der Waals surface area contributed by atoms with Crippen molar-refractivity contribution < 1.29 is 10.0 Å². The molecule has 1 rings (SSSR count). The van der Waals surface area contributed by atoms with Gasteiger partial charge in [-0.3, -0.25) is 14.8 Å². The minimum absolute atomic E-state index is 0.0900. The fourth-order valence-corrected chi connectivity index (χ4v) is 0.991. The third kappa shape index (κ3) is 2.19. The number of rotatable bonds is 4. The van der Waals surface area contributed by atoms with Crippen LogP contribution in [0.15, 0.2) is 6.20 Å². The molecule has 7 heteroatoms. The molecule has 0 spiro atoms. The number of hydrogen-bond donors (Lipinski definition) is 2. The minimum atomic E-state index is -0.514. The Bertz CT molecular complexity index is 336. The van der Waals surface area contributed by atoms with E-state index >= 15 is 0 Å². The quantitative estimate of drug-likeness (QED) is 0.532. The Labute approximate surface area is 80.5 Å². The maximum Gasteiger partial charge on any atom is 0.330 e. The van der Waals surface area contributed by atoms with Crippen molar-refractivity contribution in [2.75, 3.05) is 11.9 Å². The van der Waals surface area contributed by atoms with E-state index in [1.807, 2.05) is 0 Å². The van der Waals surface area contributed by atoms with Crippen molar-refractivity contribution in [2.45, 2.75) is 13.0 Å². The number of aliphatic hydroxyl groups excluding tert-OH is 1.